The molecule has 0 saturated heterocycles. The molecule has 3 rings (SSSR count). The van der Waals surface area contributed by atoms with Crippen LogP contribution in [0.25, 0.3) is 11.5 Å². The Hall–Kier alpha value is -2.62. The zero-order valence-corrected chi connectivity index (χ0v) is 16.9. The van der Waals surface area contributed by atoms with Gasteiger partial charge in [0.1, 0.15) is 11.6 Å². The summed E-state index contributed by atoms with van der Waals surface area (Å²) in [5.74, 6) is -1.64. The molecule has 1 aromatic heterocycles. The van der Waals surface area contributed by atoms with Gasteiger partial charge in [-0.15, -0.1) is 10.2 Å². The molecule has 0 unspecified atom stereocenters. The first-order valence-electron chi connectivity index (χ1n) is 8.03. The number of anilines is 1. The van der Waals surface area contributed by atoms with Crippen molar-refractivity contribution < 1.29 is 23.1 Å². The summed E-state index contributed by atoms with van der Waals surface area (Å²) in [6.45, 7) is -0.521. The lowest BCUT2D eigenvalue weighted by Gasteiger charge is -2.07. The maximum atomic E-state index is 13.0. The van der Waals surface area contributed by atoms with Crippen LogP contribution in [-0.4, -0.2) is 34.4 Å². The normalized spacial score (nSPS) is 10.6. The van der Waals surface area contributed by atoms with E-state index in [9.17, 15) is 14.0 Å². The lowest BCUT2D eigenvalue weighted by molar-refractivity contribution is -0.144. The Balaban J connectivity index is 1.44. The summed E-state index contributed by atoms with van der Waals surface area (Å²) in [6, 6.07) is 10.3. The van der Waals surface area contributed by atoms with Crippen molar-refractivity contribution in [2.45, 2.75) is 5.22 Å². The number of thioether (sulfide) groups is 1. The minimum atomic E-state index is -0.651. The Morgan fingerprint density at radius 1 is 1.14 bits per heavy atom. The van der Waals surface area contributed by atoms with E-state index in [4.69, 9.17) is 32.4 Å². The van der Waals surface area contributed by atoms with Gasteiger partial charge >= 0.3 is 5.97 Å². The highest BCUT2D eigenvalue weighted by molar-refractivity contribution is 7.99. The van der Waals surface area contributed by atoms with Crippen LogP contribution in [-0.2, 0) is 14.3 Å². The van der Waals surface area contributed by atoms with Gasteiger partial charge in [-0.1, -0.05) is 35.0 Å². The molecule has 1 heterocycles. The summed E-state index contributed by atoms with van der Waals surface area (Å²) in [6.07, 6.45) is 0. The third kappa shape index (κ3) is 6.18. The number of nitrogens with one attached hydrogen (secondary N) is 1. The van der Waals surface area contributed by atoms with E-state index in [1.165, 1.54) is 6.07 Å². The van der Waals surface area contributed by atoms with E-state index in [-0.39, 0.29) is 27.6 Å². The molecule has 0 atom stereocenters. The number of hydrogen-bond acceptors (Lipinski definition) is 7. The van der Waals surface area contributed by atoms with Crippen LogP contribution in [0.2, 0.25) is 10.0 Å². The number of esters is 1. The van der Waals surface area contributed by atoms with Crippen molar-refractivity contribution >= 4 is 52.5 Å². The summed E-state index contributed by atoms with van der Waals surface area (Å²) in [5.41, 5.74) is 0.900. The van der Waals surface area contributed by atoms with Gasteiger partial charge in [0.25, 0.3) is 11.1 Å². The van der Waals surface area contributed by atoms with Gasteiger partial charge in [-0.25, -0.2) is 4.39 Å². The molecule has 0 radical (unpaired) electrons. The number of carbonyl (C=O) groups is 2. The number of nitrogens with zero attached hydrogens (tertiary/aromatic N) is 2. The zero-order valence-electron chi connectivity index (χ0n) is 14.5. The van der Waals surface area contributed by atoms with Gasteiger partial charge in [0, 0.05) is 10.6 Å². The summed E-state index contributed by atoms with van der Waals surface area (Å²) >= 11 is 12.6. The average Bonchev–Trinajstić information content (AvgIpc) is 3.16. The lowest BCUT2D eigenvalue weighted by Crippen LogP contribution is -2.21. The van der Waals surface area contributed by atoms with Crippen molar-refractivity contribution in [1.29, 1.82) is 0 Å². The van der Waals surface area contributed by atoms with Gasteiger partial charge in [0.15, 0.2) is 6.61 Å². The second-order valence-electron chi connectivity index (χ2n) is 5.50. The molecule has 2 aromatic carbocycles. The van der Waals surface area contributed by atoms with Crippen molar-refractivity contribution in [3.8, 4) is 11.5 Å². The van der Waals surface area contributed by atoms with E-state index in [0.717, 1.165) is 23.9 Å². The molecule has 29 heavy (non-hydrogen) atoms. The second-order valence-corrected chi connectivity index (χ2v) is 7.27. The van der Waals surface area contributed by atoms with Crippen LogP contribution in [0.15, 0.2) is 52.1 Å². The number of ether oxygens (including phenoxy) is 1. The van der Waals surface area contributed by atoms with E-state index < -0.39 is 24.3 Å². The molecule has 7 nitrogen and oxygen atoms in total. The molecule has 0 aliphatic heterocycles. The number of halogens is 3. The van der Waals surface area contributed by atoms with E-state index >= 15 is 0 Å². The van der Waals surface area contributed by atoms with Crippen LogP contribution in [0, 0.1) is 5.82 Å². The van der Waals surface area contributed by atoms with E-state index in [2.05, 4.69) is 15.5 Å². The van der Waals surface area contributed by atoms with Crippen molar-refractivity contribution in [2.75, 3.05) is 17.7 Å². The number of hydrogen-bond donors (Lipinski definition) is 1. The highest BCUT2D eigenvalue weighted by Gasteiger charge is 2.14. The fourth-order valence-corrected chi connectivity index (χ4v) is 2.96. The van der Waals surface area contributed by atoms with Crippen LogP contribution >= 0.6 is 35.0 Å². The molecule has 0 saturated carbocycles. The Morgan fingerprint density at radius 2 is 1.90 bits per heavy atom. The molecule has 1 N–H and O–H groups in total. The molecular weight excluding hydrogens is 444 g/mol. The number of aromatic nitrogens is 2. The SMILES string of the molecule is O=C(COC(=O)CSc1nnc(-c2ccc(Cl)cc2)o1)Nc1ccc(F)cc1Cl. The van der Waals surface area contributed by atoms with Crippen LogP contribution in [0.5, 0.6) is 0 Å². The number of rotatable bonds is 7. The zero-order chi connectivity index (χ0) is 20.8. The van der Waals surface area contributed by atoms with Crippen LogP contribution < -0.4 is 5.32 Å². The predicted octanol–water partition coefficient (Wildman–Crippen LogP) is 4.46. The summed E-state index contributed by atoms with van der Waals surface area (Å²) < 4.78 is 23.3. The van der Waals surface area contributed by atoms with Gasteiger partial charge in [-0.3, -0.25) is 9.59 Å². The van der Waals surface area contributed by atoms with Gasteiger partial charge in [0.2, 0.25) is 5.89 Å². The third-order valence-corrected chi connectivity index (χ3v) is 4.74. The quantitative estimate of drug-likeness (QED) is 0.415. The van der Waals surface area contributed by atoms with Gasteiger partial charge in [-0.05, 0) is 42.5 Å². The first-order chi connectivity index (χ1) is 13.9. The largest absolute Gasteiger partial charge is 0.455 e. The minimum absolute atomic E-state index is 0.0353. The molecule has 0 fully saturated rings. The first-order valence-corrected chi connectivity index (χ1v) is 9.77. The Labute approximate surface area is 178 Å². The maximum absolute atomic E-state index is 13.0. The predicted molar refractivity (Wildman–Crippen MR) is 106 cm³/mol. The summed E-state index contributed by atoms with van der Waals surface area (Å²) in [4.78, 5) is 23.6. The molecule has 0 aliphatic rings. The van der Waals surface area contributed by atoms with Gasteiger partial charge in [0.05, 0.1) is 10.7 Å². The Kier molecular flexibility index (Phi) is 7.08. The monoisotopic (exact) mass is 455 g/mol. The smallest absolute Gasteiger partial charge is 0.316 e. The van der Waals surface area contributed by atoms with E-state index in [1.54, 1.807) is 24.3 Å². The summed E-state index contributed by atoms with van der Waals surface area (Å²) in [5, 5.41) is 10.9. The minimum Gasteiger partial charge on any atom is -0.455 e. The van der Waals surface area contributed by atoms with E-state index in [1.807, 2.05) is 0 Å². The third-order valence-electron chi connectivity index (χ3n) is 3.38. The van der Waals surface area contributed by atoms with Crippen LogP contribution in [0.1, 0.15) is 0 Å². The topological polar surface area (TPSA) is 94.3 Å². The van der Waals surface area contributed by atoms with Crippen LogP contribution in [0.4, 0.5) is 10.1 Å². The van der Waals surface area contributed by atoms with Gasteiger partial charge in [-0.2, -0.15) is 0 Å². The first kappa shape index (κ1) is 21.1. The summed E-state index contributed by atoms with van der Waals surface area (Å²) in [7, 11) is 0. The standard InChI is InChI=1S/C18H12Cl2FN3O4S/c19-11-3-1-10(2-4-11)17-23-24-18(28-17)29-9-16(26)27-8-15(25)22-14-6-5-12(21)7-13(14)20/h1-7H,8-9H2,(H,22,25). The van der Waals surface area contributed by atoms with Crippen molar-refractivity contribution in [1.82, 2.24) is 10.2 Å². The number of amides is 1. The molecular formula is C18H12Cl2FN3O4S. The molecule has 3 aromatic rings. The number of benzene rings is 2. The lowest BCUT2D eigenvalue weighted by atomic mass is 10.2. The highest BCUT2D eigenvalue weighted by Crippen LogP contribution is 2.24. The van der Waals surface area contributed by atoms with E-state index in [0.29, 0.717) is 10.6 Å². The van der Waals surface area contributed by atoms with Crippen molar-refractivity contribution in [3.05, 3.63) is 58.3 Å². The molecule has 1 amide bonds. The fourth-order valence-electron chi connectivity index (χ4n) is 2.06. The fraction of sp³-hybridized carbons (Fsp3) is 0.111. The maximum Gasteiger partial charge on any atom is 0.316 e. The molecule has 150 valence electrons. The number of carbonyl (C=O) groups excluding carboxylic acids is 2. The van der Waals surface area contributed by atoms with Crippen molar-refractivity contribution in [2.24, 2.45) is 0 Å². The Morgan fingerprint density at radius 3 is 2.62 bits per heavy atom. The Bertz CT molecular complexity index is 1030. The molecule has 0 spiro atoms. The second kappa shape index (κ2) is 9.73. The molecule has 0 aliphatic carbocycles. The molecule has 11 heteroatoms. The van der Waals surface area contributed by atoms with Crippen molar-refractivity contribution in [3.63, 3.8) is 0 Å². The van der Waals surface area contributed by atoms with Gasteiger partial charge < -0.3 is 14.5 Å². The molecule has 0 bridgehead atoms. The highest BCUT2D eigenvalue weighted by atomic mass is 35.5. The average molecular weight is 456 g/mol. The van der Waals surface area contributed by atoms with Crippen LogP contribution in [0.3, 0.4) is 0 Å².